The molecule has 2 aromatic carbocycles. The van der Waals surface area contributed by atoms with Crippen LogP contribution in [0.15, 0.2) is 73.1 Å². The SMILES string of the molecule is O=C1CN(c2ccccc2)C(=O)N1c1cc[n+](-c2ccc([N+](=O)[O-])cc2[N+](=O)[O-])cc1. The summed E-state index contributed by atoms with van der Waals surface area (Å²) in [7, 11) is 0. The topological polar surface area (TPSA) is 131 Å². The highest BCUT2D eigenvalue weighted by atomic mass is 16.6. The lowest BCUT2D eigenvalue weighted by molar-refractivity contribution is -0.600. The highest BCUT2D eigenvalue weighted by Gasteiger charge is 2.38. The number of benzene rings is 2. The number of nitrogens with zero attached hydrogens (tertiary/aromatic N) is 5. The summed E-state index contributed by atoms with van der Waals surface area (Å²) >= 11 is 0. The molecule has 0 bridgehead atoms. The van der Waals surface area contributed by atoms with Gasteiger partial charge >= 0.3 is 11.7 Å². The van der Waals surface area contributed by atoms with E-state index in [0.717, 1.165) is 17.0 Å². The Morgan fingerprint density at radius 1 is 0.839 bits per heavy atom. The van der Waals surface area contributed by atoms with Crippen LogP contribution >= 0.6 is 0 Å². The lowest BCUT2D eigenvalue weighted by Crippen LogP contribution is -2.35. The van der Waals surface area contributed by atoms with Crippen molar-refractivity contribution in [2.45, 2.75) is 0 Å². The number of nitro groups is 2. The number of anilines is 2. The molecule has 1 aliphatic heterocycles. The summed E-state index contributed by atoms with van der Waals surface area (Å²) in [6.45, 7) is -0.106. The third-order valence-corrected chi connectivity index (χ3v) is 4.75. The van der Waals surface area contributed by atoms with Crippen LogP contribution in [-0.4, -0.2) is 28.3 Å². The molecule has 31 heavy (non-hydrogen) atoms. The van der Waals surface area contributed by atoms with Gasteiger partial charge in [-0.3, -0.25) is 29.9 Å². The smallest absolute Gasteiger partial charge is 0.284 e. The quantitative estimate of drug-likeness (QED) is 0.270. The number of aromatic nitrogens is 1. The highest BCUT2D eigenvalue weighted by molar-refractivity contribution is 6.26. The summed E-state index contributed by atoms with van der Waals surface area (Å²) in [6, 6.07) is 14.5. The van der Waals surface area contributed by atoms with E-state index in [0.29, 0.717) is 11.4 Å². The standard InChI is InChI=1S/C20H14N5O6/c26-19-13-22(14-4-2-1-3-5-14)20(27)23(19)15-8-10-21(11-9-15)17-7-6-16(24(28)29)12-18(17)25(30)31/h1-12H,13H2/q+1. The van der Waals surface area contributed by atoms with E-state index in [-0.39, 0.29) is 12.2 Å². The van der Waals surface area contributed by atoms with Crippen molar-refractivity contribution in [3.8, 4) is 5.69 Å². The second-order valence-electron chi connectivity index (χ2n) is 6.58. The van der Waals surface area contributed by atoms with Gasteiger partial charge in [0.1, 0.15) is 12.6 Å². The van der Waals surface area contributed by atoms with Crippen LogP contribution in [0.5, 0.6) is 0 Å². The third-order valence-electron chi connectivity index (χ3n) is 4.75. The molecule has 0 saturated carbocycles. The zero-order chi connectivity index (χ0) is 22.1. The van der Waals surface area contributed by atoms with Crippen molar-refractivity contribution in [2.24, 2.45) is 0 Å². The Bertz CT molecular complexity index is 1210. The number of carbonyl (C=O) groups excluding carboxylic acids is 2. The maximum atomic E-state index is 12.8. The van der Waals surface area contributed by atoms with Crippen molar-refractivity contribution < 1.29 is 24.0 Å². The molecule has 0 N–H and O–H groups in total. The van der Waals surface area contributed by atoms with Crippen molar-refractivity contribution in [1.29, 1.82) is 0 Å². The second-order valence-corrected chi connectivity index (χ2v) is 6.58. The Balaban J connectivity index is 1.65. The lowest BCUT2D eigenvalue weighted by Gasteiger charge is -2.16. The average molecular weight is 420 g/mol. The molecular weight excluding hydrogens is 406 g/mol. The minimum Gasteiger partial charge on any atom is -0.284 e. The molecule has 0 unspecified atom stereocenters. The molecule has 3 amide bonds. The predicted molar refractivity (Wildman–Crippen MR) is 108 cm³/mol. The van der Waals surface area contributed by atoms with Gasteiger partial charge in [-0.2, -0.15) is 4.57 Å². The first-order valence-electron chi connectivity index (χ1n) is 9.01. The molecule has 11 heteroatoms. The summed E-state index contributed by atoms with van der Waals surface area (Å²) in [6.07, 6.45) is 2.88. The maximum Gasteiger partial charge on any atom is 0.347 e. The molecule has 0 atom stereocenters. The largest absolute Gasteiger partial charge is 0.347 e. The fourth-order valence-electron chi connectivity index (χ4n) is 3.28. The van der Waals surface area contributed by atoms with Crippen LogP contribution in [0.25, 0.3) is 5.69 Å². The van der Waals surface area contributed by atoms with Gasteiger partial charge in [0.2, 0.25) is 0 Å². The maximum absolute atomic E-state index is 12.8. The predicted octanol–water partition coefficient (Wildman–Crippen LogP) is 2.75. The molecule has 11 nitrogen and oxygen atoms in total. The first-order valence-corrected chi connectivity index (χ1v) is 9.01. The van der Waals surface area contributed by atoms with Crippen molar-refractivity contribution in [3.63, 3.8) is 0 Å². The number of pyridine rings is 1. The van der Waals surface area contributed by atoms with Gasteiger partial charge in [0, 0.05) is 30.0 Å². The number of imide groups is 1. The van der Waals surface area contributed by atoms with Gasteiger partial charge in [0.05, 0.1) is 15.5 Å². The molecule has 1 saturated heterocycles. The Labute approximate surface area is 174 Å². The number of amides is 3. The van der Waals surface area contributed by atoms with Crippen LogP contribution < -0.4 is 14.4 Å². The molecule has 2 heterocycles. The van der Waals surface area contributed by atoms with E-state index in [1.165, 1.54) is 40.1 Å². The van der Waals surface area contributed by atoms with Gasteiger partial charge < -0.3 is 0 Å². The van der Waals surface area contributed by atoms with E-state index in [1.54, 1.807) is 30.3 Å². The lowest BCUT2D eigenvalue weighted by atomic mass is 10.2. The molecule has 1 aliphatic rings. The summed E-state index contributed by atoms with van der Waals surface area (Å²) in [5.41, 5.74) is 0.148. The normalized spacial score (nSPS) is 13.5. The van der Waals surface area contributed by atoms with Crippen LogP contribution in [0.4, 0.5) is 27.5 Å². The number of hydrogen-bond acceptors (Lipinski definition) is 6. The number of hydrogen-bond donors (Lipinski definition) is 0. The molecular formula is C20H14N5O6+. The van der Waals surface area contributed by atoms with Crippen molar-refractivity contribution in [2.75, 3.05) is 16.3 Å². The van der Waals surface area contributed by atoms with Crippen LogP contribution in [0.1, 0.15) is 0 Å². The number of nitro benzene ring substituents is 2. The molecule has 0 radical (unpaired) electrons. The molecule has 4 rings (SSSR count). The van der Waals surface area contributed by atoms with Gasteiger partial charge in [0.15, 0.2) is 12.4 Å². The summed E-state index contributed by atoms with van der Waals surface area (Å²) in [5.74, 6) is -0.409. The van der Waals surface area contributed by atoms with Crippen LogP contribution in [-0.2, 0) is 4.79 Å². The van der Waals surface area contributed by atoms with Crippen molar-refractivity contribution in [1.82, 2.24) is 0 Å². The number of non-ortho nitro benzene ring substituents is 1. The van der Waals surface area contributed by atoms with E-state index < -0.39 is 33.2 Å². The number of carbonyl (C=O) groups is 2. The van der Waals surface area contributed by atoms with Crippen LogP contribution in [0.3, 0.4) is 0 Å². The average Bonchev–Trinajstić information content (AvgIpc) is 3.08. The van der Waals surface area contributed by atoms with Gasteiger partial charge in [-0.15, -0.1) is 0 Å². The van der Waals surface area contributed by atoms with Crippen molar-refractivity contribution in [3.05, 3.63) is 93.3 Å². The first kappa shape index (κ1) is 19.6. The monoisotopic (exact) mass is 420 g/mol. The third kappa shape index (κ3) is 3.55. The molecule has 1 aromatic heterocycles. The zero-order valence-electron chi connectivity index (χ0n) is 15.8. The summed E-state index contributed by atoms with van der Waals surface area (Å²) in [5, 5.41) is 22.3. The Hall–Kier alpha value is -4.67. The summed E-state index contributed by atoms with van der Waals surface area (Å²) < 4.78 is 1.38. The molecule has 154 valence electrons. The number of urea groups is 1. The van der Waals surface area contributed by atoms with Gasteiger partial charge in [-0.05, 0) is 12.1 Å². The van der Waals surface area contributed by atoms with E-state index in [4.69, 9.17) is 0 Å². The Kier molecular flexibility index (Phi) is 4.83. The van der Waals surface area contributed by atoms with Gasteiger partial charge in [-0.1, -0.05) is 18.2 Å². The molecule has 3 aromatic rings. The summed E-state index contributed by atoms with van der Waals surface area (Å²) in [4.78, 5) is 48.5. The van der Waals surface area contributed by atoms with E-state index in [1.807, 2.05) is 0 Å². The molecule has 0 spiro atoms. The fraction of sp³-hybridized carbons (Fsp3) is 0.0500. The molecule has 0 aliphatic carbocycles. The minimum atomic E-state index is -0.715. The van der Waals surface area contributed by atoms with Gasteiger partial charge in [-0.25, -0.2) is 9.69 Å². The minimum absolute atomic E-state index is 0.104. The van der Waals surface area contributed by atoms with E-state index in [9.17, 15) is 29.8 Å². The second kappa shape index (κ2) is 7.63. The number of para-hydroxylation sites is 1. The highest BCUT2D eigenvalue weighted by Crippen LogP contribution is 2.27. The fourth-order valence-corrected chi connectivity index (χ4v) is 3.28. The van der Waals surface area contributed by atoms with E-state index >= 15 is 0 Å². The van der Waals surface area contributed by atoms with E-state index in [2.05, 4.69) is 0 Å². The van der Waals surface area contributed by atoms with Crippen molar-refractivity contribution >= 4 is 34.7 Å². The van der Waals surface area contributed by atoms with Crippen LogP contribution in [0.2, 0.25) is 0 Å². The zero-order valence-corrected chi connectivity index (χ0v) is 15.8. The van der Waals surface area contributed by atoms with Crippen LogP contribution in [0, 0.1) is 20.2 Å². The van der Waals surface area contributed by atoms with Gasteiger partial charge in [0.25, 0.3) is 17.3 Å². The number of rotatable bonds is 5. The Morgan fingerprint density at radius 2 is 1.52 bits per heavy atom. The first-order chi connectivity index (χ1) is 14.9. The Morgan fingerprint density at radius 3 is 2.13 bits per heavy atom. The molecule has 1 fully saturated rings.